The summed E-state index contributed by atoms with van der Waals surface area (Å²) in [7, 11) is 0. The van der Waals surface area contributed by atoms with Crippen LogP contribution in [0.2, 0.25) is 0 Å². The van der Waals surface area contributed by atoms with Crippen molar-refractivity contribution in [3.63, 3.8) is 0 Å². The van der Waals surface area contributed by atoms with Gasteiger partial charge >= 0.3 is 0 Å². The van der Waals surface area contributed by atoms with Crippen LogP contribution in [0.25, 0.3) is 0 Å². The summed E-state index contributed by atoms with van der Waals surface area (Å²) in [6.07, 6.45) is 4.55. The maximum absolute atomic E-state index is 13.0. The SMILES string of the molecule is O=C(CC1CCc2ccccc21)N1CCc2[nH]nc(Cc3cccs3)c2C1. The third kappa shape index (κ3) is 3.21. The molecule has 0 saturated carbocycles. The Hall–Kier alpha value is -2.40. The van der Waals surface area contributed by atoms with Gasteiger partial charge in [-0.1, -0.05) is 30.3 Å². The molecule has 0 bridgehead atoms. The molecule has 1 aliphatic heterocycles. The van der Waals surface area contributed by atoms with E-state index in [1.807, 2.05) is 4.90 Å². The minimum atomic E-state index is 0.283. The number of thiophene rings is 1. The van der Waals surface area contributed by atoms with Crippen LogP contribution in [-0.4, -0.2) is 27.5 Å². The van der Waals surface area contributed by atoms with Crippen LogP contribution >= 0.6 is 11.3 Å². The fourth-order valence-electron chi connectivity index (χ4n) is 4.49. The highest BCUT2D eigenvalue weighted by atomic mass is 32.1. The quantitative estimate of drug-likeness (QED) is 0.745. The normalized spacial score (nSPS) is 18.4. The topological polar surface area (TPSA) is 49.0 Å². The van der Waals surface area contributed by atoms with Crippen LogP contribution < -0.4 is 0 Å². The molecule has 5 heteroatoms. The van der Waals surface area contributed by atoms with Crippen molar-refractivity contribution >= 4 is 17.2 Å². The Kier molecular flexibility index (Phi) is 4.32. The minimum absolute atomic E-state index is 0.283. The lowest BCUT2D eigenvalue weighted by atomic mass is 9.96. The van der Waals surface area contributed by atoms with Gasteiger partial charge in [0.1, 0.15) is 0 Å². The summed E-state index contributed by atoms with van der Waals surface area (Å²) in [5.74, 6) is 0.663. The number of nitrogens with one attached hydrogen (secondary N) is 1. The number of carbonyl (C=O) groups is 1. The molecule has 0 fully saturated rings. The molecule has 0 radical (unpaired) electrons. The van der Waals surface area contributed by atoms with Gasteiger partial charge < -0.3 is 4.90 Å². The second-order valence-corrected chi connectivity index (χ2v) is 8.62. The predicted octanol–water partition coefficient (Wildman–Crippen LogP) is 4.07. The Labute approximate surface area is 163 Å². The third-order valence-corrected chi connectivity index (χ3v) is 6.85. The van der Waals surface area contributed by atoms with Crippen molar-refractivity contribution in [2.45, 2.75) is 44.6 Å². The maximum Gasteiger partial charge on any atom is 0.223 e. The molecule has 3 heterocycles. The Bertz CT molecular complexity index is 960. The number of carbonyl (C=O) groups excluding carboxylic acids is 1. The van der Waals surface area contributed by atoms with Crippen LogP contribution in [0.4, 0.5) is 0 Å². The van der Waals surface area contributed by atoms with Crippen molar-refractivity contribution < 1.29 is 4.79 Å². The molecular weight excluding hydrogens is 354 g/mol. The van der Waals surface area contributed by atoms with Crippen molar-refractivity contribution in [2.24, 2.45) is 0 Å². The fourth-order valence-corrected chi connectivity index (χ4v) is 5.20. The molecule has 1 N–H and O–H groups in total. The van der Waals surface area contributed by atoms with Gasteiger partial charge in [0.15, 0.2) is 0 Å². The van der Waals surface area contributed by atoms with Gasteiger partial charge in [0.2, 0.25) is 5.91 Å². The highest BCUT2D eigenvalue weighted by Gasteiger charge is 2.29. The highest BCUT2D eigenvalue weighted by Crippen LogP contribution is 2.36. The zero-order valence-corrected chi connectivity index (χ0v) is 16.1. The summed E-state index contributed by atoms with van der Waals surface area (Å²) in [4.78, 5) is 16.4. The van der Waals surface area contributed by atoms with Crippen LogP contribution in [0.1, 0.15) is 51.7 Å². The summed E-state index contributed by atoms with van der Waals surface area (Å²) in [5, 5.41) is 9.85. The lowest BCUT2D eigenvalue weighted by molar-refractivity contribution is -0.132. The van der Waals surface area contributed by atoms with E-state index < -0.39 is 0 Å². The number of hydrogen-bond acceptors (Lipinski definition) is 3. The predicted molar refractivity (Wildman–Crippen MR) is 107 cm³/mol. The summed E-state index contributed by atoms with van der Waals surface area (Å²) >= 11 is 1.76. The van der Waals surface area contributed by atoms with Crippen LogP contribution in [0, 0.1) is 0 Å². The largest absolute Gasteiger partial charge is 0.338 e. The molecule has 1 amide bonds. The smallest absolute Gasteiger partial charge is 0.223 e. The fraction of sp³-hybridized carbons (Fsp3) is 0.364. The monoisotopic (exact) mass is 377 g/mol. The molecule has 1 aliphatic carbocycles. The first kappa shape index (κ1) is 16.8. The van der Waals surface area contributed by atoms with Crippen molar-refractivity contribution in [1.82, 2.24) is 15.1 Å². The summed E-state index contributed by atoms with van der Waals surface area (Å²) < 4.78 is 0. The number of aromatic nitrogens is 2. The lowest BCUT2D eigenvalue weighted by Gasteiger charge is -2.28. The van der Waals surface area contributed by atoms with Crippen LogP contribution in [0.15, 0.2) is 41.8 Å². The molecule has 27 heavy (non-hydrogen) atoms. The van der Waals surface area contributed by atoms with E-state index >= 15 is 0 Å². The summed E-state index contributed by atoms with van der Waals surface area (Å²) in [6, 6.07) is 12.8. The van der Waals surface area contributed by atoms with E-state index in [0.29, 0.717) is 18.9 Å². The maximum atomic E-state index is 13.0. The molecule has 0 spiro atoms. The Morgan fingerprint density at radius 2 is 2.15 bits per heavy atom. The van der Waals surface area contributed by atoms with E-state index in [1.54, 1.807) is 11.3 Å². The zero-order valence-electron chi connectivity index (χ0n) is 15.3. The van der Waals surface area contributed by atoms with Crippen molar-refractivity contribution in [3.05, 3.63) is 74.7 Å². The van der Waals surface area contributed by atoms with Gasteiger partial charge in [-0.15, -0.1) is 11.3 Å². The van der Waals surface area contributed by atoms with Crippen molar-refractivity contribution in [3.8, 4) is 0 Å². The lowest BCUT2D eigenvalue weighted by Crippen LogP contribution is -2.36. The average molecular weight is 378 g/mol. The number of amides is 1. The number of H-pyrrole nitrogens is 1. The zero-order chi connectivity index (χ0) is 18.2. The third-order valence-electron chi connectivity index (χ3n) is 5.97. The van der Waals surface area contributed by atoms with E-state index in [0.717, 1.165) is 37.9 Å². The first-order valence-electron chi connectivity index (χ1n) is 9.71. The van der Waals surface area contributed by atoms with Crippen molar-refractivity contribution in [2.75, 3.05) is 6.54 Å². The van der Waals surface area contributed by atoms with Crippen LogP contribution in [0.5, 0.6) is 0 Å². The van der Waals surface area contributed by atoms with E-state index in [1.165, 1.54) is 27.3 Å². The molecule has 2 aliphatic rings. The molecule has 1 aromatic carbocycles. The molecule has 2 aromatic heterocycles. The second-order valence-electron chi connectivity index (χ2n) is 7.59. The number of aromatic amines is 1. The standard InChI is InChI=1S/C22H23N3OS/c26-22(12-16-8-7-15-4-1-2-6-18(15)16)25-10-9-20-19(14-25)21(24-23-20)13-17-5-3-11-27-17/h1-6,11,16H,7-10,12-14H2,(H,23,24). The molecule has 3 aromatic rings. The first-order chi connectivity index (χ1) is 13.3. The number of aryl methyl sites for hydroxylation is 1. The van der Waals surface area contributed by atoms with Gasteiger partial charge in [0.05, 0.1) is 5.69 Å². The number of nitrogens with zero attached hydrogens (tertiary/aromatic N) is 2. The Balaban J connectivity index is 1.29. The van der Waals surface area contributed by atoms with Crippen molar-refractivity contribution in [1.29, 1.82) is 0 Å². The highest BCUT2D eigenvalue weighted by molar-refractivity contribution is 7.09. The molecule has 4 nitrogen and oxygen atoms in total. The molecule has 1 unspecified atom stereocenters. The molecule has 1 atom stereocenters. The van der Waals surface area contributed by atoms with Gasteiger partial charge in [-0.2, -0.15) is 5.10 Å². The number of benzene rings is 1. The number of hydrogen-bond donors (Lipinski definition) is 1. The van der Waals surface area contributed by atoms with E-state index in [4.69, 9.17) is 0 Å². The van der Waals surface area contributed by atoms with Crippen LogP contribution in [-0.2, 0) is 30.6 Å². The molecule has 5 rings (SSSR count). The first-order valence-corrected chi connectivity index (χ1v) is 10.6. The van der Waals surface area contributed by atoms with Gasteiger partial charge in [-0.25, -0.2) is 0 Å². The van der Waals surface area contributed by atoms with Gasteiger partial charge in [0, 0.05) is 48.5 Å². The Morgan fingerprint density at radius 1 is 1.22 bits per heavy atom. The molecule has 138 valence electrons. The number of fused-ring (bicyclic) bond motifs is 2. The second kappa shape index (κ2) is 6.97. The summed E-state index contributed by atoms with van der Waals surface area (Å²) in [6.45, 7) is 1.49. The number of rotatable bonds is 4. The van der Waals surface area contributed by atoms with Gasteiger partial charge in [-0.3, -0.25) is 9.89 Å². The Morgan fingerprint density at radius 3 is 3.04 bits per heavy atom. The van der Waals surface area contributed by atoms with E-state index in [2.05, 4.69) is 52.0 Å². The van der Waals surface area contributed by atoms with E-state index in [-0.39, 0.29) is 5.91 Å². The average Bonchev–Trinajstić information content (AvgIpc) is 3.43. The van der Waals surface area contributed by atoms with Crippen LogP contribution in [0.3, 0.4) is 0 Å². The van der Waals surface area contributed by atoms with E-state index in [9.17, 15) is 4.79 Å². The van der Waals surface area contributed by atoms with Gasteiger partial charge in [0.25, 0.3) is 0 Å². The molecule has 0 saturated heterocycles. The summed E-state index contributed by atoms with van der Waals surface area (Å²) in [5.41, 5.74) is 6.33. The molecular formula is C22H23N3OS. The van der Waals surface area contributed by atoms with Gasteiger partial charge in [-0.05, 0) is 41.3 Å². The minimum Gasteiger partial charge on any atom is -0.338 e.